The maximum atomic E-state index is 13.1. The number of thiophene rings is 1. The van der Waals surface area contributed by atoms with Crippen LogP contribution in [0.5, 0.6) is 0 Å². The molecule has 2 amide bonds. The zero-order chi connectivity index (χ0) is 17.6. The number of benzene rings is 1. The molecular weight excluding hydrogens is 351 g/mol. The Morgan fingerprint density at radius 3 is 2.50 bits per heavy atom. The maximum absolute atomic E-state index is 13.1. The number of hydrogen-bond donors (Lipinski definition) is 2. The Balaban J connectivity index is 2.25. The molecule has 2 rings (SSSR count). The summed E-state index contributed by atoms with van der Waals surface area (Å²) in [5, 5.41) is 5.91. The number of halogens is 1. The van der Waals surface area contributed by atoms with Crippen molar-refractivity contribution >= 4 is 27.2 Å². The van der Waals surface area contributed by atoms with E-state index < -0.39 is 26.9 Å². The van der Waals surface area contributed by atoms with E-state index in [-0.39, 0.29) is 10.8 Å². The lowest BCUT2D eigenvalue weighted by Gasteiger charge is -2.18. The average molecular weight is 370 g/mol. The van der Waals surface area contributed by atoms with Gasteiger partial charge in [-0.1, -0.05) is 25.1 Å². The van der Waals surface area contributed by atoms with Gasteiger partial charge in [-0.15, -0.1) is 11.3 Å². The summed E-state index contributed by atoms with van der Waals surface area (Å²) in [4.78, 5) is 11.7. The maximum Gasteiger partial charge on any atom is 0.314 e. The molecule has 8 heteroatoms. The Bertz CT molecular complexity index is 759. The largest absolute Gasteiger partial charge is 0.338 e. The highest BCUT2D eigenvalue weighted by atomic mass is 32.2. The fourth-order valence-electron chi connectivity index (χ4n) is 2.14. The van der Waals surface area contributed by atoms with Gasteiger partial charge in [-0.25, -0.2) is 17.6 Å². The Labute approximate surface area is 144 Å². The number of hydrogen-bond acceptors (Lipinski definition) is 4. The summed E-state index contributed by atoms with van der Waals surface area (Å²) in [6.45, 7) is 2.33. The molecule has 0 aliphatic heterocycles. The minimum atomic E-state index is -3.69. The molecule has 2 N–H and O–H groups in total. The summed E-state index contributed by atoms with van der Waals surface area (Å²) < 4.78 is 39.1. The Morgan fingerprint density at radius 1 is 1.21 bits per heavy atom. The molecule has 1 aromatic carbocycles. The van der Waals surface area contributed by atoms with Gasteiger partial charge in [0, 0.05) is 13.1 Å². The highest BCUT2D eigenvalue weighted by Crippen LogP contribution is 2.31. The molecule has 0 aliphatic rings. The number of sulfone groups is 1. The average Bonchev–Trinajstić information content (AvgIpc) is 3.10. The zero-order valence-electron chi connectivity index (χ0n) is 13.2. The van der Waals surface area contributed by atoms with Gasteiger partial charge in [0.1, 0.15) is 15.3 Å². The van der Waals surface area contributed by atoms with Crippen LogP contribution in [0.15, 0.2) is 46.0 Å². The monoisotopic (exact) mass is 370 g/mol. The van der Waals surface area contributed by atoms with Crippen molar-refractivity contribution in [2.24, 2.45) is 0 Å². The van der Waals surface area contributed by atoms with E-state index in [0.717, 1.165) is 17.8 Å². The summed E-state index contributed by atoms with van der Waals surface area (Å²) in [6.07, 6.45) is 0.780. The highest BCUT2D eigenvalue weighted by molar-refractivity contribution is 7.93. The van der Waals surface area contributed by atoms with Crippen LogP contribution in [0, 0.1) is 5.82 Å². The third kappa shape index (κ3) is 4.55. The Hall–Kier alpha value is -1.93. The van der Waals surface area contributed by atoms with Crippen molar-refractivity contribution in [2.45, 2.75) is 22.8 Å². The molecule has 0 spiro atoms. The van der Waals surface area contributed by atoms with Gasteiger partial charge in [-0.3, -0.25) is 0 Å². The Morgan fingerprint density at radius 2 is 1.92 bits per heavy atom. The van der Waals surface area contributed by atoms with E-state index in [9.17, 15) is 17.6 Å². The van der Waals surface area contributed by atoms with Gasteiger partial charge in [-0.05, 0) is 35.6 Å². The second-order valence-corrected chi connectivity index (χ2v) is 8.46. The third-order valence-electron chi connectivity index (χ3n) is 3.38. The molecule has 1 atom stereocenters. The minimum Gasteiger partial charge on any atom is -0.338 e. The summed E-state index contributed by atoms with van der Waals surface area (Å²) in [7, 11) is -3.69. The molecule has 2 aromatic rings. The van der Waals surface area contributed by atoms with Crippen LogP contribution >= 0.6 is 11.3 Å². The standard InChI is InChI=1S/C16H19FN2O3S2/c1-2-9-18-16(20)19-11-14(12-5-7-13(17)8-6-12)24(21,22)15-4-3-10-23-15/h3-8,10,14H,2,9,11H2,1H3,(H2,18,19,20)/t14-/m0/s1. The molecule has 0 radical (unpaired) electrons. The van der Waals surface area contributed by atoms with Gasteiger partial charge in [0.15, 0.2) is 9.84 Å². The third-order valence-corrected chi connectivity index (χ3v) is 6.91. The van der Waals surface area contributed by atoms with Gasteiger partial charge in [0.25, 0.3) is 0 Å². The number of carbonyl (C=O) groups is 1. The van der Waals surface area contributed by atoms with E-state index in [1.807, 2.05) is 6.92 Å². The lowest BCUT2D eigenvalue weighted by molar-refractivity contribution is 0.241. The van der Waals surface area contributed by atoms with Crippen LogP contribution in [0.3, 0.4) is 0 Å². The lowest BCUT2D eigenvalue weighted by Crippen LogP contribution is -2.39. The number of rotatable bonds is 7. The van der Waals surface area contributed by atoms with Crippen LogP contribution in [0.25, 0.3) is 0 Å². The molecule has 0 aliphatic carbocycles. The smallest absolute Gasteiger partial charge is 0.314 e. The number of carbonyl (C=O) groups excluding carboxylic acids is 1. The molecule has 0 fully saturated rings. The first-order chi connectivity index (χ1) is 11.4. The highest BCUT2D eigenvalue weighted by Gasteiger charge is 2.30. The molecule has 130 valence electrons. The first-order valence-electron chi connectivity index (χ1n) is 7.49. The Kier molecular flexibility index (Phi) is 6.33. The van der Waals surface area contributed by atoms with Crippen molar-refractivity contribution < 1.29 is 17.6 Å². The van der Waals surface area contributed by atoms with Crippen molar-refractivity contribution in [1.29, 1.82) is 0 Å². The van der Waals surface area contributed by atoms with Crippen LogP contribution in [0.2, 0.25) is 0 Å². The van der Waals surface area contributed by atoms with E-state index in [1.54, 1.807) is 11.4 Å². The van der Waals surface area contributed by atoms with Crippen LogP contribution in [0.1, 0.15) is 24.2 Å². The van der Waals surface area contributed by atoms with Crippen molar-refractivity contribution in [3.8, 4) is 0 Å². The molecule has 0 saturated carbocycles. The van der Waals surface area contributed by atoms with E-state index in [1.165, 1.54) is 30.3 Å². The predicted molar refractivity (Wildman–Crippen MR) is 92.3 cm³/mol. The molecule has 1 aromatic heterocycles. The quantitative estimate of drug-likeness (QED) is 0.786. The van der Waals surface area contributed by atoms with Gasteiger partial charge >= 0.3 is 6.03 Å². The van der Waals surface area contributed by atoms with Crippen LogP contribution in [-0.2, 0) is 9.84 Å². The summed E-state index contributed by atoms with van der Waals surface area (Å²) in [6, 6.07) is 8.03. The summed E-state index contributed by atoms with van der Waals surface area (Å²) in [5.41, 5.74) is 0.431. The number of amides is 2. The SMILES string of the molecule is CCCNC(=O)NC[C@@H](c1ccc(F)cc1)S(=O)(=O)c1cccs1. The molecule has 0 saturated heterocycles. The fourth-order valence-corrected chi connectivity index (χ4v) is 5.00. The van der Waals surface area contributed by atoms with Crippen molar-refractivity contribution in [3.05, 3.63) is 53.2 Å². The normalized spacial score (nSPS) is 12.6. The van der Waals surface area contributed by atoms with E-state index in [2.05, 4.69) is 10.6 Å². The minimum absolute atomic E-state index is 0.0958. The lowest BCUT2D eigenvalue weighted by atomic mass is 10.1. The second-order valence-electron chi connectivity index (χ2n) is 5.15. The second kappa shape index (κ2) is 8.25. The van der Waals surface area contributed by atoms with Crippen LogP contribution < -0.4 is 10.6 Å². The molecular formula is C16H19FN2O3S2. The molecule has 0 unspecified atom stereocenters. The molecule has 0 bridgehead atoms. The molecule has 5 nitrogen and oxygen atoms in total. The topological polar surface area (TPSA) is 75.3 Å². The van der Waals surface area contributed by atoms with Gasteiger partial charge in [-0.2, -0.15) is 0 Å². The zero-order valence-corrected chi connectivity index (χ0v) is 14.8. The van der Waals surface area contributed by atoms with Gasteiger partial charge in [0.2, 0.25) is 0 Å². The van der Waals surface area contributed by atoms with Crippen LogP contribution in [-0.4, -0.2) is 27.5 Å². The fraction of sp³-hybridized carbons (Fsp3) is 0.312. The number of nitrogens with one attached hydrogen (secondary N) is 2. The number of urea groups is 1. The summed E-state index contributed by atoms with van der Waals surface area (Å²) >= 11 is 1.11. The first-order valence-corrected chi connectivity index (χ1v) is 9.92. The van der Waals surface area contributed by atoms with Crippen molar-refractivity contribution in [3.63, 3.8) is 0 Å². The molecule has 24 heavy (non-hydrogen) atoms. The van der Waals surface area contributed by atoms with E-state index >= 15 is 0 Å². The predicted octanol–water partition coefficient (Wildman–Crippen LogP) is 3.11. The molecule has 1 heterocycles. The summed E-state index contributed by atoms with van der Waals surface area (Å²) in [5.74, 6) is -0.445. The first kappa shape index (κ1) is 18.4. The van der Waals surface area contributed by atoms with Gasteiger partial charge in [0.05, 0.1) is 0 Å². The van der Waals surface area contributed by atoms with Crippen molar-refractivity contribution in [2.75, 3.05) is 13.1 Å². The van der Waals surface area contributed by atoms with Crippen molar-refractivity contribution in [1.82, 2.24) is 10.6 Å². The van der Waals surface area contributed by atoms with E-state index in [0.29, 0.717) is 12.1 Å². The van der Waals surface area contributed by atoms with Gasteiger partial charge < -0.3 is 10.6 Å². The van der Waals surface area contributed by atoms with E-state index in [4.69, 9.17) is 0 Å². The van der Waals surface area contributed by atoms with Crippen LogP contribution in [0.4, 0.5) is 9.18 Å².